The van der Waals surface area contributed by atoms with Gasteiger partial charge in [0.05, 0.1) is 23.3 Å². The van der Waals surface area contributed by atoms with E-state index in [4.69, 9.17) is 9.88 Å². The third-order valence-corrected chi connectivity index (χ3v) is 4.25. The Bertz CT molecular complexity index is 557. The number of hydrogen-bond acceptors (Lipinski definition) is 4. The molecular weight excluding hydrogens is 283 g/mol. The fraction of sp³-hybridized carbons (Fsp3) is 0.538. The van der Waals surface area contributed by atoms with Gasteiger partial charge in [0, 0.05) is 6.54 Å². The van der Waals surface area contributed by atoms with Crippen LogP contribution in [0.2, 0.25) is 0 Å². The maximum atomic E-state index is 13.7. The van der Waals surface area contributed by atoms with Crippen LogP contribution in [0.25, 0.3) is 0 Å². The third kappa shape index (κ3) is 4.16. The zero-order valence-electron chi connectivity index (χ0n) is 11.1. The first-order chi connectivity index (χ1) is 9.47. The summed E-state index contributed by atoms with van der Waals surface area (Å²) in [4.78, 5) is -0.234. The Hall–Kier alpha value is -1.18. The van der Waals surface area contributed by atoms with Gasteiger partial charge in [-0.3, -0.25) is 0 Å². The number of rotatable bonds is 6. The first-order valence-corrected chi connectivity index (χ1v) is 8.19. The Labute approximate surface area is 118 Å². The van der Waals surface area contributed by atoms with E-state index in [1.807, 2.05) is 0 Å². The average Bonchev–Trinajstić information content (AvgIpc) is 2.88. The van der Waals surface area contributed by atoms with Crippen molar-refractivity contribution in [1.29, 1.82) is 0 Å². The van der Waals surface area contributed by atoms with E-state index in [2.05, 4.69) is 5.32 Å². The Balaban J connectivity index is 1.83. The predicted octanol–water partition coefficient (Wildman–Crippen LogP) is 1.84. The Morgan fingerprint density at radius 3 is 2.65 bits per heavy atom. The van der Waals surface area contributed by atoms with Crippen molar-refractivity contribution < 1.29 is 17.5 Å². The maximum absolute atomic E-state index is 13.7. The number of ether oxygens (including phenoxy) is 1. The molecule has 20 heavy (non-hydrogen) atoms. The summed E-state index contributed by atoms with van der Waals surface area (Å²) in [5.74, 6) is -0.641. The van der Waals surface area contributed by atoms with Crippen LogP contribution in [0, 0.1) is 5.82 Å². The van der Waals surface area contributed by atoms with E-state index < -0.39 is 15.8 Å². The van der Waals surface area contributed by atoms with E-state index in [1.165, 1.54) is 25.0 Å². The number of nitrogens with two attached hydrogens (primary N) is 1. The summed E-state index contributed by atoms with van der Waals surface area (Å²) in [6.45, 7) is 0.975. The van der Waals surface area contributed by atoms with E-state index in [9.17, 15) is 12.8 Å². The van der Waals surface area contributed by atoms with Gasteiger partial charge < -0.3 is 10.1 Å². The molecule has 0 heterocycles. The first kappa shape index (κ1) is 15.2. The second-order valence-corrected chi connectivity index (χ2v) is 6.45. The van der Waals surface area contributed by atoms with Crippen LogP contribution in [-0.2, 0) is 14.8 Å². The van der Waals surface area contributed by atoms with Gasteiger partial charge in [-0.2, -0.15) is 0 Å². The first-order valence-electron chi connectivity index (χ1n) is 6.64. The second-order valence-electron chi connectivity index (χ2n) is 4.89. The number of primary sulfonamides is 1. The summed E-state index contributed by atoms with van der Waals surface area (Å²) in [5, 5.41) is 7.81. The fourth-order valence-electron chi connectivity index (χ4n) is 2.28. The Morgan fingerprint density at radius 1 is 1.35 bits per heavy atom. The molecule has 0 amide bonds. The zero-order valence-corrected chi connectivity index (χ0v) is 12.0. The van der Waals surface area contributed by atoms with Crippen molar-refractivity contribution in [3.05, 3.63) is 24.0 Å². The van der Waals surface area contributed by atoms with E-state index in [0.717, 1.165) is 18.9 Å². The highest BCUT2D eigenvalue weighted by Crippen LogP contribution is 2.21. The van der Waals surface area contributed by atoms with Crippen LogP contribution in [0.3, 0.4) is 0 Å². The third-order valence-electron chi connectivity index (χ3n) is 3.34. The lowest BCUT2D eigenvalue weighted by Gasteiger charge is -2.12. The number of nitrogens with one attached hydrogen (secondary N) is 1. The SMILES string of the molecule is NS(=O)(=O)c1ccc(NCCOC2CCCC2)c(F)c1. The number of sulfonamides is 1. The Kier molecular flexibility index (Phi) is 4.95. The van der Waals surface area contributed by atoms with Crippen molar-refractivity contribution in [2.45, 2.75) is 36.7 Å². The van der Waals surface area contributed by atoms with Crippen molar-refractivity contribution >= 4 is 15.7 Å². The lowest BCUT2D eigenvalue weighted by Crippen LogP contribution is -2.16. The molecule has 0 aliphatic heterocycles. The smallest absolute Gasteiger partial charge is 0.238 e. The van der Waals surface area contributed by atoms with Crippen molar-refractivity contribution in [3.8, 4) is 0 Å². The van der Waals surface area contributed by atoms with E-state index in [0.29, 0.717) is 19.3 Å². The van der Waals surface area contributed by atoms with Crippen LogP contribution in [0.15, 0.2) is 23.1 Å². The standard InChI is InChI=1S/C13H19FN2O3S/c14-12-9-11(20(15,17)18)5-6-13(12)16-7-8-19-10-3-1-2-4-10/h5-6,9-10,16H,1-4,7-8H2,(H2,15,17,18). The molecule has 1 aliphatic rings. The van der Waals surface area contributed by atoms with Crippen LogP contribution in [0.5, 0.6) is 0 Å². The molecule has 3 N–H and O–H groups in total. The Morgan fingerprint density at radius 2 is 2.05 bits per heavy atom. The monoisotopic (exact) mass is 302 g/mol. The van der Waals surface area contributed by atoms with Crippen molar-refractivity contribution in [2.24, 2.45) is 5.14 Å². The topological polar surface area (TPSA) is 81.4 Å². The molecule has 0 unspecified atom stereocenters. The molecule has 1 aliphatic carbocycles. The lowest BCUT2D eigenvalue weighted by molar-refractivity contribution is 0.0659. The molecule has 1 aromatic carbocycles. The highest BCUT2D eigenvalue weighted by Gasteiger charge is 2.15. The highest BCUT2D eigenvalue weighted by molar-refractivity contribution is 7.89. The molecule has 5 nitrogen and oxygen atoms in total. The molecular formula is C13H19FN2O3S. The van der Waals surface area contributed by atoms with Gasteiger partial charge in [-0.05, 0) is 31.0 Å². The molecule has 7 heteroatoms. The van der Waals surface area contributed by atoms with E-state index in [1.54, 1.807) is 0 Å². The molecule has 1 fully saturated rings. The van der Waals surface area contributed by atoms with Gasteiger partial charge in [0.1, 0.15) is 5.82 Å². The summed E-state index contributed by atoms with van der Waals surface area (Å²) in [6, 6.07) is 3.55. The van der Waals surface area contributed by atoms with Crippen LogP contribution >= 0.6 is 0 Å². The summed E-state index contributed by atoms with van der Waals surface area (Å²) in [6.07, 6.45) is 4.93. The largest absolute Gasteiger partial charge is 0.380 e. The van der Waals surface area contributed by atoms with Crippen LogP contribution in [-0.4, -0.2) is 27.7 Å². The van der Waals surface area contributed by atoms with Gasteiger partial charge in [-0.1, -0.05) is 12.8 Å². The molecule has 2 rings (SSSR count). The number of hydrogen-bond donors (Lipinski definition) is 2. The number of halogens is 1. The molecule has 112 valence electrons. The summed E-state index contributed by atoms with van der Waals surface area (Å²) in [5.41, 5.74) is 0.243. The van der Waals surface area contributed by atoms with Gasteiger partial charge in [-0.15, -0.1) is 0 Å². The summed E-state index contributed by atoms with van der Waals surface area (Å²) < 4.78 is 41.5. The van der Waals surface area contributed by atoms with Gasteiger partial charge >= 0.3 is 0 Å². The number of benzene rings is 1. The minimum Gasteiger partial charge on any atom is -0.380 e. The normalized spacial score (nSPS) is 16.5. The summed E-state index contributed by atoms with van der Waals surface area (Å²) in [7, 11) is -3.87. The molecule has 1 saturated carbocycles. The zero-order chi connectivity index (χ0) is 14.6. The van der Waals surface area contributed by atoms with Gasteiger partial charge in [0.2, 0.25) is 10.0 Å². The quantitative estimate of drug-likeness (QED) is 0.786. The van der Waals surface area contributed by atoms with Gasteiger partial charge in [-0.25, -0.2) is 17.9 Å². The molecule has 0 aromatic heterocycles. The van der Waals surface area contributed by atoms with E-state index in [-0.39, 0.29) is 10.6 Å². The molecule has 0 bridgehead atoms. The van der Waals surface area contributed by atoms with Crippen molar-refractivity contribution in [3.63, 3.8) is 0 Å². The average molecular weight is 302 g/mol. The lowest BCUT2D eigenvalue weighted by atomic mass is 10.3. The minimum atomic E-state index is -3.87. The van der Waals surface area contributed by atoms with Crippen LogP contribution in [0.1, 0.15) is 25.7 Å². The molecule has 0 radical (unpaired) electrons. The van der Waals surface area contributed by atoms with E-state index >= 15 is 0 Å². The van der Waals surface area contributed by atoms with Crippen LogP contribution < -0.4 is 10.5 Å². The molecule has 1 aromatic rings. The van der Waals surface area contributed by atoms with Crippen LogP contribution in [0.4, 0.5) is 10.1 Å². The fourth-order valence-corrected chi connectivity index (χ4v) is 2.81. The minimum absolute atomic E-state index is 0.234. The van der Waals surface area contributed by atoms with Crippen molar-refractivity contribution in [1.82, 2.24) is 0 Å². The second kappa shape index (κ2) is 6.51. The van der Waals surface area contributed by atoms with Crippen molar-refractivity contribution in [2.75, 3.05) is 18.5 Å². The van der Waals surface area contributed by atoms with Gasteiger partial charge in [0.25, 0.3) is 0 Å². The number of anilines is 1. The highest BCUT2D eigenvalue weighted by atomic mass is 32.2. The predicted molar refractivity (Wildman–Crippen MR) is 74.5 cm³/mol. The molecule has 0 atom stereocenters. The molecule has 0 saturated heterocycles. The summed E-state index contributed by atoms with van der Waals surface area (Å²) >= 11 is 0. The molecule has 0 spiro atoms. The maximum Gasteiger partial charge on any atom is 0.238 e. The van der Waals surface area contributed by atoms with Gasteiger partial charge in [0.15, 0.2) is 0 Å².